The van der Waals surface area contributed by atoms with E-state index in [1.54, 1.807) is 12.4 Å². The van der Waals surface area contributed by atoms with E-state index in [1.807, 2.05) is 31.2 Å². The standard InChI is InChI=1S/C14H15ClN2O/c1-10-2-3-13(15)14(6-10)18-12-7-11(4-5-16)8-17-9-12/h2-3,6-9H,4-5,16H2,1H3. The lowest BCUT2D eigenvalue weighted by Gasteiger charge is -2.09. The van der Waals surface area contributed by atoms with Gasteiger partial charge < -0.3 is 10.5 Å². The molecule has 0 radical (unpaired) electrons. The van der Waals surface area contributed by atoms with Crippen LogP contribution in [0.2, 0.25) is 5.02 Å². The smallest absolute Gasteiger partial charge is 0.146 e. The molecule has 2 aromatic rings. The van der Waals surface area contributed by atoms with Gasteiger partial charge in [-0.05, 0) is 49.2 Å². The van der Waals surface area contributed by atoms with Gasteiger partial charge in [0.05, 0.1) is 11.2 Å². The second-order valence-electron chi connectivity index (χ2n) is 4.10. The number of benzene rings is 1. The number of nitrogens with zero attached hydrogens (tertiary/aromatic N) is 1. The van der Waals surface area contributed by atoms with Crippen molar-refractivity contribution in [2.75, 3.05) is 6.54 Å². The molecule has 94 valence electrons. The van der Waals surface area contributed by atoms with Crippen LogP contribution in [0.25, 0.3) is 0 Å². The normalized spacial score (nSPS) is 10.4. The van der Waals surface area contributed by atoms with Gasteiger partial charge in [0, 0.05) is 6.20 Å². The summed E-state index contributed by atoms with van der Waals surface area (Å²) in [5.74, 6) is 1.32. The van der Waals surface area contributed by atoms with Crippen LogP contribution in [-0.2, 0) is 6.42 Å². The molecule has 0 unspecified atom stereocenters. The highest BCUT2D eigenvalue weighted by Crippen LogP contribution is 2.30. The molecule has 2 rings (SSSR count). The fourth-order valence-electron chi connectivity index (χ4n) is 1.64. The molecule has 4 heteroatoms. The Balaban J connectivity index is 2.22. The first-order valence-electron chi connectivity index (χ1n) is 5.77. The summed E-state index contributed by atoms with van der Waals surface area (Å²) in [6.45, 7) is 2.59. The van der Waals surface area contributed by atoms with E-state index in [2.05, 4.69) is 4.98 Å². The average Bonchev–Trinajstić information content (AvgIpc) is 2.35. The first-order chi connectivity index (χ1) is 8.69. The third kappa shape index (κ3) is 3.22. The summed E-state index contributed by atoms with van der Waals surface area (Å²) in [5, 5.41) is 0.588. The minimum Gasteiger partial charge on any atom is -0.454 e. The van der Waals surface area contributed by atoms with Gasteiger partial charge in [0.25, 0.3) is 0 Å². The van der Waals surface area contributed by atoms with E-state index < -0.39 is 0 Å². The van der Waals surface area contributed by atoms with Gasteiger partial charge in [-0.25, -0.2) is 0 Å². The van der Waals surface area contributed by atoms with Gasteiger partial charge in [-0.1, -0.05) is 17.7 Å². The highest BCUT2D eigenvalue weighted by Gasteiger charge is 2.04. The van der Waals surface area contributed by atoms with Gasteiger partial charge >= 0.3 is 0 Å². The molecule has 1 heterocycles. The SMILES string of the molecule is Cc1ccc(Cl)c(Oc2cncc(CCN)c2)c1. The number of aryl methyl sites for hydroxylation is 1. The molecule has 0 atom stereocenters. The molecule has 0 aliphatic heterocycles. The number of hydrogen-bond acceptors (Lipinski definition) is 3. The Kier molecular flexibility index (Phi) is 4.18. The van der Waals surface area contributed by atoms with Gasteiger partial charge in [-0.3, -0.25) is 4.98 Å². The third-order valence-electron chi connectivity index (χ3n) is 2.52. The molecule has 0 aliphatic rings. The van der Waals surface area contributed by atoms with Gasteiger partial charge in [-0.15, -0.1) is 0 Å². The van der Waals surface area contributed by atoms with Crippen molar-refractivity contribution in [2.24, 2.45) is 5.73 Å². The Hall–Kier alpha value is -1.58. The second kappa shape index (κ2) is 5.85. The maximum atomic E-state index is 6.08. The predicted molar refractivity (Wildman–Crippen MR) is 73.3 cm³/mol. The number of halogens is 1. The van der Waals surface area contributed by atoms with Crippen molar-refractivity contribution < 1.29 is 4.74 Å². The molecule has 2 N–H and O–H groups in total. The number of pyridine rings is 1. The van der Waals surface area contributed by atoms with Gasteiger partial charge in [0.2, 0.25) is 0 Å². The Morgan fingerprint density at radius 3 is 2.89 bits per heavy atom. The lowest BCUT2D eigenvalue weighted by molar-refractivity contribution is 0.479. The van der Waals surface area contributed by atoms with Crippen LogP contribution in [0, 0.1) is 6.92 Å². The van der Waals surface area contributed by atoms with Crippen LogP contribution in [0.3, 0.4) is 0 Å². The maximum Gasteiger partial charge on any atom is 0.146 e. The lowest BCUT2D eigenvalue weighted by Crippen LogP contribution is -2.03. The summed E-state index contributed by atoms with van der Waals surface area (Å²) < 4.78 is 5.74. The van der Waals surface area contributed by atoms with E-state index in [4.69, 9.17) is 22.1 Å². The molecular weight excluding hydrogens is 248 g/mol. The van der Waals surface area contributed by atoms with Gasteiger partial charge in [0.1, 0.15) is 11.5 Å². The van der Waals surface area contributed by atoms with Crippen LogP contribution in [0.15, 0.2) is 36.7 Å². The maximum absolute atomic E-state index is 6.08. The molecule has 0 saturated carbocycles. The van der Waals surface area contributed by atoms with Crippen molar-refractivity contribution in [1.82, 2.24) is 4.98 Å². The van der Waals surface area contributed by atoms with Crippen molar-refractivity contribution in [3.05, 3.63) is 52.8 Å². The Morgan fingerprint density at radius 2 is 2.11 bits per heavy atom. The fourth-order valence-corrected chi connectivity index (χ4v) is 1.79. The number of hydrogen-bond donors (Lipinski definition) is 1. The van der Waals surface area contributed by atoms with E-state index in [-0.39, 0.29) is 0 Å². The van der Waals surface area contributed by atoms with Crippen LogP contribution in [0.1, 0.15) is 11.1 Å². The zero-order chi connectivity index (χ0) is 13.0. The minimum atomic E-state index is 0.588. The molecule has 1 aromatic carbocycles. The van der Waals surface area contributed by atoms with Crippen molar-refractivity contribution in [3.8, 4) is 11.5 Å². The van der Waals surface area contributed by atoms with Crippen LogP contribution in [0.5, 0.6) is 11.5 Å². The Morgan fingerprint density at radius 1 is 1.28 bits per heavy atom. The summed E-state index contributed by atoms with van der Waals surface area (Å²) in [4.78, 5) is 4.13. The average molecular weight is 263 g/mol. The topological polar surface area (TPSA) is 48.1 Å². The van der Waals surface area contributed by atoms with E-state index in [1.165, 1.54) is 0 Å². The molecule has 0 saturated heterocycles. The van der Waals surface area contributed by atoms with Crippen LogP contribution >= 0.6 is 11.6 Å². The van der Waals surface area contributed by atoms with Crippen molar-refractivity contribution in [3.63, 3.8) is 0 Å². The Bertz CT molecular complexity index is 543. The Labute approximate surface area is 112 Å². The van der Waals surface area contributed by atoms with E-state index in [0.29, 0.717) is 23.1 Å². The third-order valence-corrected chi connectivity index (χ3v) is 2.83. The summed E-state index contributed by atoms with van der Waals surface area (Å²) in [7, 11) is 0. The fraction of sp³-hybridized carbons (Fsp3) is 0.214. The monoisotopic (exact) mass is 262 g/mol. The van der Waals surface area contributed by atoms with Crippen LogP contribution in [-0.4, -0.2) is 11.5 Å². The number of ether oxygens (including phenoxy) is 1. The molecule has 0 spiro atoms. The number of rotatable bonds is 4. The van der Waals surface area contributed by atoms with Crippen LogP contribution < -0.4 is 10.5 Å². The molecule has 1 aromatic heterocycles. The van der Waals surface area contributed by atoms with Gasteiger partial charge in [-0.2, -0.15) is 0 Å². The highest BCUT2D eigenvalue weighted by molar-refractivity contribution is 6.32. The van der Waals surface area contributed by atoms with Gasteiger partial charge in [0.15, 0.2) is 0 Å². The van der Waals surface area contributed by atoms with E-state index in [0.717, 1.165) is 17.5 Å². The van der Waals surface area contributed by atoms with Crippen molar-refractivity contribution >= 4 is 11.6 Å². The first kappa shape index (κ1) is 12.9. The van der Waals surface area contributed by atoms with E-state index >= 15 is 0 Å². The molecule has 0 fully saturated rings. The zero-order valence-electron chi connectivity index (χ0n) is 10.2. The van der Waals surface area contributed by atoms with Crippen LogP contribution in [0.4, 0.5) is 0 Å². The molecule has 0 bridgehead atoms. The first-order valence-corrected chi connectivity index (χ1v) is 6.15. The predicted octanol–water partition coefficient (Wildman–Crippen LogP) is 3.34. The quantitative estimate of drug-likeness (QED) is 0.919. The second-order valence-corrected chi connectivity index (χ2v) is 4.51. The highest BCUT2D eigenvalue weighted by atomic mass is 35.5. The summed E-state index contributed by atoms with van der Waals surface area (Å²) >= 11 is 6.08. The number of nitrogens with two attached hydrogens (primary N) is 1. The van der Waals surface area contributed by atoms with E-state index in [9.17, 15) is 0 Å². The molecule has 18 heavy (non-hydrogen) atoms. The van der Waals surface area contributed by atoms with Crippen molar-refractivity contribution in [1.29, 1.82) is 0 Å². The summed E-state index contributed by atoms with van der Waals surface area (Å²) in [6, 6.07) is 7.60. The number of aromatic nitrogens is 1. The minimum absolute atomic E-state index is 0.588. The molecular formula is C14H15ClN2O. The largest absolute Gasteiger partial charge is 0.454 e. The molecule has 3 nitrogen and oxygen atoms in total. The summed E-state index contributed by atoms with van der Waals surface area (Å²) in [5.41, 5.74) is 7.67. The van der Waals surface area contributed by atoms with Crippen molar-refractivity contribution in [2.45, 2.75) is 13.3 Å². The lowest BCUT2D eigenvalue weighted by atomic mass is 10.2. The molecule has 0 aliphatic carbocycles. The zero-order valence-corrected chi connectivity index (χ0v) is 10.9. The molecule has 0 amide bonds. The summed E-state index contributed by atoms with van der Waals surface area (Å²) in [6.07, 6.45) is 4.24.